The Morgan fingerprint density at radius 2 is 1.62 bits per heavy atom. The number of imide groups is 1. The first-order valence-corrected chi connectivity index (χ1v) is 15.6. The van der Waals surface area contributed by atoms with E-state index in [2.05, 4.69) is 29.4 Å². The topological polar surface area (TPSA) is 89.5 Å². The number of carbonyl (C=O) groups is 3. The number of hydrogen-bond donors (Lipinski definition) is 1. The summed E-state index contributed by atoms with van der Waals surface area (Å²) in [6, 6.07) is 13.9. The van der Waals surface area contributed by atoms with Gasteiger partial charge < -0.3 is 20.1 Å². The summed E-state index contributed by atoms with van der Waals surface area (Å²) in [4.78, 5) is 45.1. The molecule has 2 aliphatic heterocycles. The van der Waals surface area contributed by atoms with Crippen LogP contribution >= 0.6 is 11.8 Å². The van der Waals surface area contributed by atoms with Crippen LogP contribution < -0.4 is 10.4 Å². The molecule has 1 aliphatic carbocycles. The number of piperazine rings is 1. The number of benzene rings is 2. The minimum Gasteiger partial charge on any atom is -0.498 e. The summed E-state index contributed by atoms with van der Waals surface area (Å²) < 4.78 is -0.972. The molecule has 3 aliphatic rings. The van der Waals surface area contributed by atoms with Gasteiger partial charge in [0.1, 0.15) is 12.6 Å². The lowest BCUT2D eigenvalue weighted by molar-refractivity contribution is -0.841. The molecule has 8 heteroatoms. The van der Waals surface area contributed by atoms with Crippen molar-refractivity contribution in [2.75, 3.05) is 20.1 Å². The summed E-state index contributed by atoms with van der Waals surface area (Å²) in [5, 5.41) is 16.8. The maximum Gasteiger partial charge on any atom is 0.343 e. The molecule has 7 nitrogen and oxygen atoms in total. The van der Waals surface area contributed by atoms with Gasteiger partial charge in [-0.3, -0.25) is 4.79 Å². The van der Waals surface area contributed by atoms with Crippen molar-refractivity contribution in [3.63, 3.8) is 0 Å². The SMILES string of the molecule is CCC(CC)[C@@H]1C(=O)N[C@H](C2Cc3ccccc3C2)C(=O)[N+]1(Cc1ccccc1SC1CCN(C)CC1)C(=O)[O-]. The van der Waals surface area contributed by atoms with Crippen LogP contribution in [0, 0.1) is 11.8 Å². The summed E-state index contributed by atoms with van der Waals surface area (Å²) in [6.07, 6.45) is 3.10. The van der Waals surface area contributed by atoms with Crippen molar-refractivity contribution in [3.8, 4) is 0 Å². The standard InChI is InChI=1S/C32H41N3O4S/c1-4-21(5-2)29-30(36)33-28(25-18-22-10-6-7-11-23(22)19-25)31(37)35(29,32(38)39)20-24-12-8-9-13-27(24)40-26-14-16-34(3)17-15-26/h6-13,21,25-26,28-29H,4-5,14-20H2,1-3H3,(H-,33,36,38,39)/t28-,29-,35?/m1/s1. The van der Waals surface area contributed by atoms with Crippen molar-refractivity contribution in [1.29, 1.82) is 0 Å². The number of thioether (sulfide) groups is 1. The van der Waals surface area contributed by atoms with E-state index in [1.165, 1.54) is 0 Å². The van der Waals surface area contributed by atoms with Gasteiger partial charge in [-0.1, -0.05) is 56.3 Å². The van der Waals surface area contributed by atoms with Crippen LogP contribution in [0.2, 0.25) is 0 Å². The Morgan fingerprint density at radius 3 is 2.23 bits per heavy atom. The van der Waals surface area contributed by atoms with Gasteiger partial charge in [0, 0.05) is 27.5 Å². The van der Waals surface area contributed by atoms with Crippen LogP contribution in [0.5, 0.6) is 0 Å². The van der Waals surface area contributed by atoms with Crippen molar-refractivity contribution in [3.05, 3.63) is 65.2 Å². The first-order valence-electron chi connectivity index (χ1n) is 14.7. The van der Waals surface area contributed by atoms with E-state index in [1.54, 1.807) is 11.8 Å². The summed E-state index contributed by atoms with van der Waals surface area (Å²) in [5.74, 6) is -1.25. The number of rotatable bonds is 8. The van der Waals surface area contributed by atoms with Gasteiger partial charge in [-0.2, -0.15) is 4.48 Å². The van der Waals surface area contributed by atoms with Crippen molar-refractivity contribution in [1.82, 2.24) is 10.2 Å². The molecule has 40 heavy (non-hydrogen) atoms. The third-order valence-electron chi connectivity index (χ3n) is 9.43. The number of piperidine rings is 1. The molecule has 214 valence electrons. The minimum absolute atomic E-state index is 0.0816. The Hall–Kier alpha value is -2.68. The first kappa shape index (κ1) is 28.8. The lowest BCUT2D eigenvalue weighted by Gasteiger charge is -2.49. The molecule has 3 atom stereocenters. The third kappa shape index (κ3) is 5.33. The Kier molecular flexibility index (Phi) is 8.69. The quantitative estimate of drug-likeness (QED) is 0.492. The predicted molar refractivity (Wildman–Crippen MR) is 154 cm³/mol. The highest BCUT2D eigenvalue weighted by molar-refractivity contribution is 8.00. The molecular formula is C32H41N3O4S. The molecule has 5 rings (SSSR count). The molecule has 2 aromatic rings. The Bertz CT molecular complexity index is 1230. The molecule has 0 aromatic heterocycles. The predicted octanol–water partition coefficient (Wildman–Crippen LogP) is 3.78. The smallest absolute Gasteiger partial charge is 0.343 e. The zero-order valence-electron chi connectivity index (χ0n) is 23.8. The molecule has 1 N–H and O–H groups in total. The molecular weight excluding hydrogens is 522 g/mol. The number of nitrogens with zero attached hydrogens (tertiary/aromatic N) is 2. The van der Waals surface area contributed by atoms with Crippen LogP contribution in [0.25, 0.3) is 0 Å². The average Bonchev–Trinajstić information content (AvgIpc) is 3.38. The summed E-state index contributed by atoms with van der Waals surface area (Å²) >= 11 is 1.77. The zero-order valence-corrected chi connectivity index (χ0v) is 24.6. The van der Waals surface area contributed by atoms with Crippen LogP contribution in [0.4, 0.5) is 4.79 Å². The maximum absolute atomic E-state index is 14.6. The molecule has 0 bridgehead atoms. The third-order valence-corrected chi connectivity index (χ3v) is 10.9. The molecule has 2 saturated heterocycles. The van der Waals surface area contributed by atoms with Crippen LogP contribution in [0.1, 0.15) is 56.2 Å². The fraction of sp³-hybridized carbons (Fsp3) is 0.531. The monoisotopic (exact) mass is 563 g/mol. The number of amides is 3. The Morgan fingerprint density at radius 1 is 1.02 bits per heavy atom. The highest BCUT2D eigenvalue weighted by Crippen LogP contribution is 2.40. The summed E-state index contributed by atoms with van der Waals surface area (Å²) in [6.45, 7) is 5.89. The van der Waals surface area contributed by atoms with Crippen molar-refractivity contribution >= 4 is 29.7 Å². The van der Waals surface area contributed by atoms with Crippen molar-refractivity contribution < 1.29 is 24.0 Å². The van der Waals surface area contributed by atoms with Gasteiger partial charge in [0.2, 0.25) is 0 Å². The fourth-order valence-corrected chi connectivity index (χ4v) is 8.33. The molecule has 0 radical (unpaired) electrons. The van der Waals surface area contributed by atoms with E-state index in [0.717, 1.165) is 47.5 Å². The molecule has 0 spiro atoms. The maximum atomic E-state index is 14.6. The number of carboxylic acid groups (broad SMARTS) is 1. The molecule has 0 saturated carbocycles. The highest BCUT2D eigenvalue weighted by atomic mass is 32.2. The van der Waals surface area contributed by atoms with Gasteiger partial charge >= 0.3 is 5.91 Å². The zero-order chi connectivity index (χ0) is 28.4. The fourth-order valence-electron chi connectivity index (χ4n) is 7.09. The average molecular weight is 564 g/mol. The van der Waals surface area contributed by atoms with Crippen LogP contribution in [0.15, 0.2) is 53.4 Å². The van der Waals surface area contributed by atoms with E-state index in [1.807, 2.05) is 50.2 Å². The number of carbonyl (C=O) groups excluding carboxylic acids is 3. The second-order valence-corrected chi connectivity index (χ2v) is 13.1. The lowest BCUT2D eigenvalue weighted by Crippen LogP contribution is -2.79. The van der Waals surface area contributed by atoms with Gasteiger partial charge in [0.25, 0.3) is 12.0 Å². The second kappa shape index (κ2) is 12.0. The normalized spacial score (nSPS) is 26.2. The van der Waals surface area contributed by atoms with Gasteiger partial charge in [-0.05, 0) is 75.9 Å². The van der Waals surface area contributed by atoms with Gasteiger partial charge in [-0.25, -0.2) is 4.79 Å². The van der Waals surface area contributed by atoms with E-state index in [9.17, 15) is 19.5 Å². The van der Waals surface area contributed by atoms with Gasteiger partial charge in [0.05, 0.1) is 0 Å². The molecule has 2 aromatic carbocycles. The van der Waals surface area contributed by atoms with Crippen LogP contribution in [0.3, 0.4) is 0 Å². The largest absolute Gasteiger partial charge is 0.498 e. The van der Waals surface area contributed by atoms with Gasteiger partial charge in [-0.15, -0.1) is 11.8 Å². The van der Waals surface area contributed by atoms with E-state index < -0.39 is 28.6 Å². The Labute approximate surface area is 241 Å². The number of hydrogen-bond acceptors (Lipinski definition) is 6. The van der Waals surface area contributed by atoms with Crippen molar-refractivity contribution in [2.24, 2.45) is 11.8 Å². The number of quaternary nitrogens is 1. The Balaban J connectivity index is 1.53. The van der Waals surface area contributed by atoms with Crippen molar-refractivity contribution in [2.45, 2.75) is 81.1 Å². The van der Waals surface area contributed by atoms with E-state index in [-0.39, 0.29) is 24.3 Å². The number of likely N-dealkylation sites (tertiary alicyclic amines) is 1. The van der Waals surface area contributed by atoms with Crippen LogP contribution in [-0.4, -0.2) is 64.8 Å². The summed E-state index contributed by atoms with van der Waals surface area (Å²) in [7, 11) is 2.13. The lowest BCUT2D eigenvalue weighted by atomic mass is 9.83. The number of fused-ring (bicyclic) bond motifs is 1. The highest BCUT2D eigenvalue weighted by Gasteiger charge is 2.61. The van der Waals surface area contributed by atoms with Gasteiger partial charge in [0.15, 0.2) is 6.04 Å². The molecule has 2 heterocycles. The summed E-state index contributed by atoms with van der Waals surface area (Å²) in [5.41, 5.74) is 3.11. The van der Waals surface area contributed by atoms with Crippen LogP contribution in [-0.2, 0) is 29.0 Å². The number of nitrogens with one attached hydrogen (secondary N) is 1. The molecule has 3 amide bonds. The van der Waals surface area contributed by atoms with E-state index >= 15 is 0 Å². The second-order valence-electron chi connectivity index (χ2n) is 11.8. The van der Waals surface area contributed by atoms with E-state index in [0.29, 0.717) is 30.9 Å². The first-order chi connectivity index (χ1) is 19.3. The van der Waals surface area contributed by atoms with E-state index in [4.69, 9.17) is 0 Å². The minimum atomic E-state index is -1.48. The molecule has 2 fully saturated rings. The molecule has 1 unspecified atom stereocenters.